The van der Waals surface area contributed by atoms with Crippen LogP contribution in [0.3, 0.4) is 0 Å². The lowest BCUT2D eigenvalue weighted by Gasteiger charge is -2.21. The van der Waals surface area contributed by atoms with Crippen molar-refractivity contribution in [3.8, 4) is 0 Å². The van der Waals surface area contributed by atoms with Gasteiger partial charge in [-0.1, -0.05) is 13.8 Å². The summed E-state index contributed by atoms with van der Waals surface area (Å²) < 4.78 is 19.6. The molecule has 2 aromatic heterocycles. The first-order chi connectivity index (χ1) is 14.4. The number of carbonyl (C=O) groups is 1. The fraction of sp³-hybridized carbons (Fsp3) is 0.381. The van der Waals surface area contributed by atoms with E-state index in [0.717, 1.165) is 12.1 Å². The molecule has 30 heavy (non-hydrogen) atoms. The SMILES string of the molecule is CNCCNc1ncc(NC(=O)N[C@H](c2oc3ccc(F)cc3c2C)C(C)C)cn1. The van der Waals surface area contributed by atoms with E-state index in [1.165, 1.54) is 24.5 Å². The van der Waals surface area contributed by atoms with Crippen LogP contribution in [0.2, 0.25) is 0 Å². The van der Waals surface area contributed by atoms with Crippen LogP contribution in [0.25, 0.3) is 11.0 Å². The van der Waals surface area contributed by atoms with E-state index in [1.54, 1.807) is 6.07 Å². The lowest BCUT2D eigenvalue weighted by molar-refractivity contribution is 0.241. The van der Waals surface area contributed by atoms with E-state index in [9.17, 15) is 9.18 Å². The summed E-state index contributed by atoms with van der Waals surface area (Å²) in [4.78, 5) is 20.9. The van der Waals surface area contributed by atoms with Crippen molar-refractivity contribution in [3.63, 3.8) is 0 Å². The van der Waals surface area contributed by atoms with Crippen LogP contribution in [0.15, 0.2) is 35.0 Å². The van der Waals surface area contributed by atoms with Crippen LogP contribution in [0.1, 0.15) is 31.2 Å². The second-order valence-electron chi connectivity index (χ2n) is 7.38. The van der Waals surface area contributed by atoms with E-state index in [1.807, 2.05) is 27.8 Å². The summed E-state index contributed by atoms with van der Waals surface area (Å²) in [7, 11) is 1.86. The predicted octanol–water partition coefficient (Wildman–Crippen LogP) is 3.82. The smallest absolute Gasteiger partial charge is 0.319 e. The summed E-state index contributed by atoms with van der Waals surface area (Å²) in [6.45, 7) is 7.31. The first kappa shape index (κ1) is 21.5. The molecule has 1 aromatic carbocycles. The minimum atomic E-state index is -0.403. The largest absolute Gasteiger partial charge is 0.459 e. The first-order valence-electron chi connectivity index (χ1n) is 9.85. The topological polar surface area (TPSA) is 104 Å². The maximum Gasteiger partial charge on any atom is 0.319 e. The van der Waals surface area contributed by atoms with Gasteiger partial charge in [-0.2, -0.15) is 0 Å². The Kier molecular flexibility index (Phi) is 6.83. The minimum Gasteiger partial charge on any atom is -0.459 e. The summed E-state index contributed by atoms with van der Waals surface area (Å²) in [6.07, 6.45) is 3.07. The number of amides is 2. The molecular formula is C21H27FN6O2. The molecule has 0 aliphatic heterocycles. The maximum absolute atomic E-state index is 13.6. The summed E-state index contributed by atoms with van der Waals surface area (Å²) >= 11 is 0. The van der Waals surface area contributed by atoms with Crippen molar-refractivity contribution in [2.24, 2.45) is 5.92 Å². The number of nitrogens with zero attached hydrogens (tertiary/aromatic N) is 2. The average molecular weight is 414 g/mol. The highest BCUT2D eigenvalue weighted by Crippen LogP contribution is 2.33. The second kappa shape index (κ2) is 9.53. The molecule has 0 saturated heterocycles. The van der Waals surface area contributed by atoms with Crippen LogP contribution in [0, 0.1) is 18.7 Å². The molecule has 3 aromatic rings. The highest BCUT2D eigenvalue weighted by molar-refractivity contribution is 5.89. The van der Waals surface area contributed by atoms with Gasteiger partial charge in [0.2, 0.25) is 5.95 Å². The molecule has 0 radical (unpaired) electrons. The molecule has 0 bridgehead atoms. The number of rotatable bonds is 8. The molecular weight excluding hydrogens is 387 g/mol. The number of aryl methyl sites for hydroxylation is 1. The third kappa shape index (κ3) is 5.04. The number of nitrogens with one attached hydrogen (secondary N) is 4. The van der Waals surface area contributed by atoms with E-state index in [0.29, 0.717) is 34.9 Å². The van der Waals surface area contributed by atoms with Crippen LogP contribution in [-0.4, -0.2) is 36.1 Å². The fourth-order valence-electron chi connectivity index (χ4n) is 3.14. The zero-order chi connectivity index (χ0) is 21.7. The normalized spacial score (nSPS) is 12.2. The Morgan fingerprint density at radius 1 is 1.20 bits per heavy atom. The first-order valence-corrected chi connectivity index (χ1v) is 9.85. The molecule has 0 spiro atoms. The van der Waals surface area contributed by atoms with E-state index in [-0.39, 0.29) is 17.8 Å². The van der Waals surface area contributed by atoms with Crippen LogP contribution in [0.5, 0.6) is 0 Å². The summed E-state index contributed by atoms with van der Waals surface area (Å²) in [5, 5.41) is 12.5. The van der Waals surface area contributed by atoms with Gasteiger partial charge in [-0.3, -0.25) is 0 Å². The molecule has 2 amide bonds. The summed E-state index contributed by atoms with van der Waals surface area (Å²) in [5.41, 5.74) is 1.87. The molecule has 4 N–H and O–H groups in total. The van der Waals surface area contributed by atoms with E-state index in [2.05, 4.69) is 31.2 Å². The Labute approximate surface area is 174 Å². The number of anilines is 2. The van der Waals surface area contributed by atoms with E-state index in [4.69, 9.17) is 4.42 Å². The second-order valence-corrected chi connectivity index (χ2v) is 7.38. The molecule has 0 saturated carbocycles. The number of urea groups is 1. The van der Waals surface area contributed by atoms with Crippen LogP contribution < -0.4 is 21.3 Å². The molecule has 160 valence electrons. The van der Waals surface area contributed by atoms with Gasteiger partial charge in [0.05, 0.1) is 24.1 Å². The number of furan rings is 1. The third-order valence-electron chi connectivity index (χ3n) is 4.74. The number of benzene rings is 1. The van der Waals surface area contributed by atoms with Crippen molar-refractivity contribution in [2.45, 2.75) is 26.8 Å². The Bertz CT molecular complexity index is 1000. The van der Waals surface area contributed by atoms with Crippen LogP contribution in [0.4, 0.5) is 20.8 Å². The van der Waals surface area contributed by atoms with Gasteiger partial charge in [-0.15, -0.1) is 0 Å². The van der Waals surface area contributed by atoms with E-state index >= 15 is 0 Å². The van der Waals surface area contributed by atoms with Crippen molar-refractivity contribution < 1.29 is 13.6 Å². The van der Waals surface area contributed by atoms with Crippen molar-refractivity contribution in [3.05, 3.63) is 47.7 Å². The predicted molar refractivity (Wildman–Crippen MR) is 115 cm³/mol. The van der Waals surface area contributed by atoms with Gasteiger partial charge in [0.1, 0.15) is 17.2 Å². The minimum absolute atomic E-state index is 0.0508. The van der Waals surface area contributed by atoms with Crippen LogP contribution >= 0.6 is 0 Å². The molecule has 0 fully saturated rings. The molecule has 0 unspecified atom stereocenters. The Balaban J connectivity index is 1.70. The molecule has 0 aliphatic rings. The third-order valence-corrected chi connectivity index (χ3v) is 4.74. The summed E-state index contributed by atoms with van der Waals surface area (Å²) in [5.74, 6) is 0.825. The zero-order valence-electron chi connectivity index (χ0n) is 17.5. The molecule has 8 nitrogen and oxygen atoms in total. The van der Waals surface area contributed by atoms with Gasteiger partial charge in [-0.25, -0.2) is 19.2 Å². The number of hydrogen-bond donors (Lipinski definition) is 4. The van der Waals surface area contributed by atoms with Crippen molar-refractivity contribution in [1.82, 2.24) is 20.6 Å². The molecule has 0 aliphatic carbocycles. The number of aromatic nitrogens is 2. The lowest BCUT2D eigenvalue weighted by atomic mass is 9.98. The highest BCUT2D eigenvalue weighted by atomic mass is 19.1. The van der Waals surface area contributed by atoms with Gasteiger partial charge in [0.15, 0.2) is 0 Å². The van der Waals surface area contributed by atoms with Crippen molar-refractivity contribution >= 4 is 28.6 Å². The number of carbonyl (C=O) groups excluding carboxylic acids is 1. The molecule has 9 heteroatoms. The fourth-order valence-corrected chi connectivity index (χ4v) is 3.14. The average Bonchev–Trinajstić information content (AvgIpc) is 3.03. The molecule has 3 rings (SSSR count). The summed E-state index contributed by atoms with van der Waals surface area (Å²) in [6, 6.07) is 3.61. The van der Waals surface area contributed by atoms with Crippen LogP contribution in [-0.2, 0) is 0 Å². The highest BCUT2D eigenvalue weighted by Gasteiger charge is 2.25. The molecule has 1 atom stereocenters. The van der Waals surface area contributed by atoms with Crippen molar-refractivity contribution in [2.75, 3.05) is 30.8 Å². The molecule has 2 heterocycles. The quantitative estimate of drug-likeness (QED) is 0.418. The van der Waals surface area contributed by atoms with Gasteiger partial charge >= 0.3 is 6.03 Å². The Hall–Kier alpha value is -3.20. The maximum atomic E-state index is 13.6. The van der Waals surface area contributed by atoms with Gasteiger partial charge in [-0.05, 0) is 38.1 Å². The van der Waals surface area contributed by atoms with Crippen molar-refractivity contribution in [1.29, 1.82) is 0 Å². The monoisotopic (exact) mass is 414 g/mol. The zero-order valence-corrected chi connectivity index (χ0v) is 17.5. The number of fused-ring (bicyclic) bond motifs is 1. The Morgan fingerprint density at radius 3 is 2.60 bits per heavy atom. The lowest BCUT2D eigenvalue weighted by Crippen LogP contribution is -2.35. The van der Waals surface area contributed by atoms with Gasteiger partial charge in [0.25, 0.3) is 0 Å². The standard InChI is InChI=1S/C21H27FN6O2/c1-12(2)18(19-13(3)16-9-14(22)5-6-17(16)30-19)28-21(29)27-15-10-25-20(26-11-15)24-8-7-23-4/h5-6,9-12,18,23H,7-8H2,1-4H3,(H,24,25,26)(H2,27,28,29)/t18-/m0/s1. The van der Waals surface area contributed by atoms with E-state index < -0.39 is 6.03 Å². The number of halogens is 1. The Morgan fingerprint density at radius 2 is 1.93 bits per heavy atom. The number of hydrogen-bond acceptors (Lipinski definition) is 6. The van der Waals surface area contributed by atoms with Gasteiger partial charge < -0.3 is 25.7 Å². The number of likely N-dealkylation sites (N-methyl/N-ethyl adjacent to an activating group) is 1. The van der Waals surface area contributed by atoms with Gasteiger partial charge in [0, 0.05) is 24.0 Å².